The number of hydrogen-bond donors (Lipinski definition) is 2. The van der Waals surface area contributed by atoms with Gasteiger partial charge in [-0.05, 0) is 24.5 Å². The zero-order valence-electron chi connectivity index (χ0n) is 13.2. The molecule has 1 saturated heterocycles. The predicted molar refractivity (Wildman–Crippen MR) is 85.7 cm³/mol. The number of amides is 2. The van der Waals surface area contributed by atoms with Crippen LogP contribution in [0.4, 0.5) is 4.79 Å². The lowest BCUT2D eigenvalue weighted by Gasteiger charge is -2.23. The van der Waals surface area contributed by atoms with E-state index in [1.165, 1.54) is 0 Å². The lowest BCUT2D eigenvalue weighted by molar-refractivity contribution is 0.0801. The number of pyridine rings is 1. The second-order valence-electron chi connectivity index (χ2n) is 5.67. The molecule has 0 unspecified atom stereocenters. The Morgan fingerprint density at radius 1 is 1.35 bits per heavy atom. The van der Waals surface area contributed by atoms with Gasteiger partial charge in [0.2, 0.25) is 0 Å². The van der Waals surface area contributed by atoms with Crippen molar-refractivity contribution in [1.82, 2.24) is 25.4 Å². The Labute approximate surface area is 135 Å². The van der Waals surface area contributed by atoms with Crippen LogP contribution in [-0.2, 0) is 18.3 Å². The molecule has 1 aliphatic rings. The molecule has 0 atom stereocenters. The van der Waals surface area contributed by atoms with E-state index in [0.29, 0.717) is 19.8 Å². The van der Waals surface area contributed by atoms with Crippen molar-refractivity contribution in [2.24, 2.45) is 7.05 Å². The fraction of sp³-hybridized carbons (Fsp3) is 0.438. The van der Waals surface area contributed by atoms with Gasteiger partial charge < -0.3 is 15.4 Å². The molecule has 0 spiro atoms. The Hall–Kier alpha value is -2.41. The van der Waals surface area contributed by atoms with Crippen molar-refractivity contribution in [2.75, 3.05) is 13.2 Å². The number of aryl methyl sites for hydroxylation is 1. The standard InChI is InChI=1S/C16H21N5O2/c1-21-11-13(10-19-21)15-3-2-12(8-17-15)9-18-16(22)20-14-4-6-23-7-5-14/h2-3,8,10-11,14H,4-7,9H2,1H3,(H2,18,20,22). The number of aromatic nitrogens is 3. The highest BCUT2D eigenvalue weighted by atomic mass is 16.5. The van der Waals surface area contributed by atoms with E-state index in [2.05, 4.69) is 20.7 Å². The molecule has 2 N–H and O–H groups in total. The van der Waals surface area contributed by atoms with Gasteiger partial charge in [-0.1, -0.05) is 6.07 Å². The quantitative estimate of drug-likeness (QED) is 0.895. The van der Waals surface area contributed by atoms with Crippen molar-refractivity contribution in [3.05, 3.63) is 36.3 Å². The lowest BCUT2D eigenvalue weighted by atomic mass is 10.1. The van der Waals surface area contributed by atoms with Gasteiger partial charge in [-0.3, -0.25) is 9.67 Å². The molecule has 3 rings (SSSR count). The first-order valence-corrected chi connectivity index (χ1v) is 7.77. The molecule has 0 radical (unpaired) electrons. The summed E-state index contributed by atoms with van der Waals surface area (Å²) >= 11 is 0. The summed E-state index contributed by atoms with van der Waals surface area (Å²) in [6.45, 7) is 1.88. The van der Waals surface area contributed by atoms with Crippen LogP contribution in [0.25, 0.3) is 11.3 Å². The molecule has 7 nitrogen and oxygen atoms in total. The normalized spacial score (nSPS) is 15.3. The number of rotatable bonds is 4. The van der Waals surface area contributed by atoms with Crippen molar-refractivity contribution in [3.63, 3.8) is 0 Å². The fourth-order valence-electron chi connectivity index (χ4n) is 2.51. The smallest absolute Gasteiger partial charge is 0.315 e. The zero-order chi connectivity index (χ0) is 16.1. The largest absolute Gasteiger partial charge is 0.381 e. The Morgan fingerprint density at radius 3 is 2.83 bits per heavy atom. The number of ether oxygens (including phenoxy) is 1. The maximum Gasteiger partial charge on any atom is 0.315 e. The molecule has 23 heavy (non-hydrogen) atoms. The highest BCUT2D eigenvalue weighted by Gasteiger charge is 2.15. The van der Waals surface area contributed by atoms with Gasteiger partial charge in [-0.25, -0.2) is 4.79 Å². The Kier molecular flexibility index (Phi) is 4.87. The predicted octanol–water partition coefficient (Wildman–Crippen LogP) is 1.46. The van der Waals surface area contributed by atoms with Crippen LogP contribution in [0.1, 0.15) is 18.4 Å². The summed E-state index contributed by atoms with van der Waals surface area (Å²) in [6, 6.07) is 3.96. The van der Waals surface area contributed by atoms with E-state index >= 15 is 0 Å². The van der Waals surface area contributed by atoms with E-state index in [4.69, 9.17) is 4.74 Å². The topological polar surface area (TPSA) is 81.1 Å². The van der Waals surface area contributed by atoms with Gasteiger partial charge in [0.15, 0.2) is 0 Å². The van der Waals surface area contributed by atoms with Crippen LogP contribution in [0.15, 0.2) is 30.7 Å². The van der Waals surface area contributed by atoms with E-state index in [1.54, 1.807) is 17.1 Å². The van der Waals surface area contributed by atoms with E-state index in [-0.39, 0.29) is 12.1 Å². The van der Waals surface area contributed by atoms with Crippen LogP contribution in [-0.4, -0.2) is 40.1 Å². The maximum atomic E-state index is 11.9. The third-order valence-electron chi connectivity index (χ3n) is 3.83. The number of nitrogens with zero attached hydrogens (tertiary/aromatic N) is 3. The van der Waals surface area contributed by atoms with Crippen molar-refractivity contribution in [1.29, 1.82) is 0 Å². The lowest BCUT2D eigenvalue weighted by Crippen LogP contribution is -2.44. The van der Waals surface area contributed by atoms with Crippen LogP contribution in [0, 0.1) is 0 Å². The average Bonchev–Trinajstić information content (AvgIpc) is 3.01. The summed E-state index contributed by atoms with van der Waals surface area (Å²) in [5, 5.41) is 9.96. The first-order valence-electron chi connectivity index (χ1n) is 7.77. The summed E-state index contributed by atoms with van der Waals surface area (Å²) in [5.74, 6) is 0. The maximum absolute atomic E-state index is 11.9. The van der Waals surface area contributed by atoms with Gasteiger partial charge in [-0.2, -0.15) is 5.10 Å². The van der Waals surface area contributed by atoms with Crippen molar-refractivity contribution in [3.8, 4) is 11.3 Å². The van der Waals surface area contributed by atoms with Crippen LogP contribution in [0.2, 0.25) is 0 Å². The summed E-state index contributed by atoms with van der Waals surface area (Å²) in [7, 11) is 1.87. The molecule has 0 aliphatic carbocycles. The highest BCUT2D eigenvalue weighted by Crippen LogP contribution is 2.15. The first-order chi connectivity index (χ1) is 11.2. The Balaban J connectivity index is 1.49. The number of urea groups is 1. The van der Waals surface area contributed by atoms with Crippen LogP contribution in [0.5, 0.6) is 0 Å². The van der Waals surface area contributed by atoms with Crippen LogP contribution in [0.3, 0.4) is 0 Å². The SMILES string of the molecule is Cn1cc(-c2ccc(CNC(=O)NC3CCOCC3)cn2)cn1. The number of hydrogen-bond acceptors (Lipinski definition) is 4. The molecule has 122 valence electrons. The Bertz CT molecular complexity index is 647. The van der Waals surface area contributed by atoms with Gasteiger partial charge in [-0.15, -0.1) is 0 Å². The van der Waals surface area contributed by atoms with Gasteiger partial charge in [0.1, 0.15) is 0 Å². The molecule has 7 heteroatoms. The molecule has 0 bridgehead atoms. The van der Waals surface area contributed by atoms with Crippen molar-refractivity contribution >= 4 is 6.03 Å². The van der Waals surface area contributed by atoms with Crippen molar-refractivity contribution < 1.29 is 9.53 Å². The third-order valence-corrected chi connectivity index (χ3v) is 3.83. The van der Waals surface area contributed by atoms with E-state index in [9.17, 15) is 4.79 Å². The summed E-state index contributed by atoms with van der Waals surface area (Å²) in [4.78, 5) is 16.3. The second kappa shape index (κ2) is 7.23. The van der Waals surface area contributed by atoms with Gasteiger partial charge >= 0.3 is 6.03 Å². The van der Waals surface area contributed by atoms with E-state index < -0.39 is 0 Å². The number of carbonyl (C=O) groups is 1. The molecule has 2 aromatic rings. The van der Waals surface area contributed by atoms with Crippen molar-refractivity contribution in [2.45, 2.75) is 25.4 Å². The molecular formula is C16H21N5O2. The van der Waals surface area contributed by atoms with E-state index in [0.717, 1.165) is 29.7 Å². The summed E-state index contributed by atoms with van der Waals surface area (Å²) in [6.07, 6.45) is 7.21. The minimum absolute atomic E-state index is 0.145. The molecule has 0 aromatic carbocycles. The zero-order valence-corrected chi connectivity index (χ0v) is 13.2. The molecular weight excluding hydrogens is 294 g/mol. The minimum atomic E-state index is -0.145. The molecule has 1 aliphatic heterocycles. The summed E-state index contributed by atoms with van der Waals surface area (Å²) < 4.78 is 7.02. The molecule has 0 saturated carbocycles. The monoisotopic (exact) mass is 315 g/mol. The van der Waals surface area contributed by atoms with Crippen LogP contribution < -0.4 is 10.6 Å². The van der Waals surface area contributed by atoms with E-state index in [1.807, 2.05) is 25.4 Å². The first kappa shape index (κ1) is 15.5. The summed E-state index contributed by atoms with van der Waals surface area (Å²) in [5.41, 5.74) is 2.80. The second-order valence-corrected chi connectivity index (χ2v) is 5.67. The average molecular weight is 315 g/mol. The van der Waals surface area contributed by atoms with Gasteiger partial charge in [0, 0.05) is 50.8 Å². The molecule has 3 heterocycles. The molecule has 1 fully saturated rings. The Morgan fingerprint density at radius 2 is 2.17 bits per heavy atom. The molecule has 2 aromatic heterocycles. The minimum Gasteiger partial charge on any atom is -0.381 e. The highest BCUT2D eigenvalue weighted by molar-refractivity contribution is 5.74. The van der Waals surface area contributed by atoms with Gasteiger partial charge in [0.25, 0.3) is 0 Å². The van der Waals surface area contributed by atoms with Gasteiger partial charge in [0.05, 0.1) is 11.9 Å². The number of carbonyl (C=O) groups excluding carboxylic acids is 1. The number of nitrogens with one attached hydrogen (secondary N) is 2. The third kappa shape index (κ3) is 4.29. The van der Waals surface area contributed by atoms with Crippen LogP contribution >= 0.6 is 0 Å². The molecule has 2 amide bonds. The fourth-order valence-corrected chi connectivity index (χ4v) is 2.51.